The molecule has 1 saturated carbocycles. The molecule has 0 atom stereocenters. The number of hydrogen-bond donors (Lipinski definition) is 2. The zero-order chi connectivity index (χ0) is 30.4. The lowest BCUT2D eigenvalue weighted by Gasteiger charge is -2.16. The Morgan fingerprint density at radius 1 is 1.05 bits per heavy atom. The van der Waals surface area contributed by atoms with E-state index in [-0.39, 0.29) is 23.0 Å². The Morgan fingerprint density at radius 3 is 2.43 bits per heavy atom. The third-order valence-corrected chi connectivity index (χ3v) is 6.45. The number of hydrogen-bond acceptors (Lipinski definition) is 7. The van der Waals surface area contributed by atoms with Crippen molar-refractivity contribution < 1.29 is 35.9 Å². The molecule has 3 aromatic heterocycles. The Hall–Kier alpha value is -4.35. The molecule has 2 amide bonds. The first kappa shape index (κ1) is 29.2. The van der Waals surface area contributed by atoms with Crippen LogP contribution in [-0.4, -0.2) is 52.8 Å². The number of aromatic nitrogens is 7. The summed E-state index contributed by atoms with van der Waals surface area (Å²) in [6, 6.07) is 5.94. The number of nitrogens with zero attached hydrogens (tertiary/aromatic N) is 7. The molecule has 0 saturated heterocycles. The lowest BCUT2D eigenvalue weighted by Crippen LogP contribution is -2.28. The minimum atomic E-state index is -4.89. The van der Waals surface area contributed by atoms with E-state index in [0.29, 0.717) is 19.5 Å². The van der Waals surface area contributed by atoms with Gasteiger partial charge in [-0.1, -0.05) is 15.9 Å². The van der Waals surface area contributed by atoms with Crippen LogP contribution in [0.15, 0.2) is 41.0 Å². The zero-order valence-electron chi connectivity index (χ0n) is 21.3. The number of anilines is 1. The molecule has 0 bridgehead atoms. The lowest BCUT2D eigenvalue weighted by molar-refractivity contribution is -0.145. The largest absolute Gasteiger partial charge is 0.455 e. The summed E-state index contributed by atoms with van der Waals surface area (Å²) in [5.74, 6) is -3.73. The summed E-state index contributed by atoms with van der Waals surface area (Å²) < 4.78 is 81.5. The van der Waals surface area contributed by atoms with Gasteiger partial charge in [-0.3, -0.25) is 9.59 Å². The van der Waals surface area contributed by atoms with Crippen LogP contribution in [0.25, 0.3) is 5.82 Å². The van der Waals surface area contributed by atoms with E-state index in [1.807, 2.05) is 0 Å². The van der Waals surface area contributed by atoms with Crippen LogP contribution in [0.4, 0.5) is 32.0 Å². The van der Waals surface area contributed by atoms with E-state index in [4.69, 9.17) is 0 Å². The van der Waals surface area contributed by atoms with Gasteiger partial charge >= 0.3 is 12.4 Å². The summed E-state index contributed by atoms with van der Waals surface area (Å²) in [6.07, 6.45) is -7.11. The Kier molecular flexibility index (Phi) is 7.50. The third-order valence-electron chi connectivity index (χ3n) is 5.99. The average molecular weight is 658 g/mol. The van der Waals surface area contributed by atoms with Gasteiger partial charge in [0.2, 0.25) is 0 Å². The third kappa shape index (κ3) is 6.27. The van der Waals surface area contributed by atoms with Gasteiger partial charge < -0.3 is 10.6 Å². The van der Waals surface area contributed by atoms with Gasteiger partial charge in [0.15, 0.2) is 5.82 Å². The number of carbonyl (C=O) groups is 2. The molecule has 2 N–H and O–H groups in total. The van der Waals surface area contributed by atoms with Crippen LogP contribution in [0.1, 0.15) is 56.3 Å². The first-order valence-electron chi connectivity index (χ1n) is 12.1. The summed E-state index contributed by atoms with van der Waals surface area (Å²) in [5, 5.41) is 18.8. The molecule has 18 heteroatoms. The summed E-state index contributed by atoms with van der Waals surface area (Å²) in [4.78, 5) is 30.8. The van der Waals surface area contributed by atoms with Gasteiger partial charge in [0, 0.05) is 16.7 Å². The van der Waals surface area contributed by atoms with Gasteiger partial charge in [-0.05, 0) is 60.9 Å². The molecule has 5 rings (SSSR count). The second-order valence-corrected chi connectivity index (χ2v) is 10.2. The molecule has 0 radical (unpaired) electrons. The van der Waals surface area contributed by atoms with Crippen LogP contribution in [0.3, 0.4) is 0 Å². The van der Waals surface area contributed by atoms with E-state index in [2.05, 4.69) is 52.1 Å². The predicted octanol–water partition coefficient (Wildman–Crippen LogP) is 4.56. The van der Waals surface area contributed by atoms with Crippen molar-refractivity contribution in [1.29, 1.82) is 0 Å². The first-order valence-corrected chi connectivity index (χ1v) is 12.9. The highest BCUT2D eigenvalue weighted by Gasteiger charge is 2.38. The number of tetrazole rings is 1. The quantitative estimate of drug-likeness (QED) is 0.279. The molecule has 0 unspecified atom stereocenters. The number of alkyl halides is 6. The molecule has 220 valence electrons. The molecular formula is C24H18BrF6N9O2. The van der Waals surface area contributed by atoms with Gasteiger partial charge in [-0.25, -0.2) is 9.67 Å². The molecule has 42 heavy (non-hydrogen) atoms. The number of carbonyl (C=O) groups excluding carboxylic acids is 2. The monoisotopic (exact) mass is 657 g/mol. The maximum Gasteiger partial charge on any atom is 0.455 e. The molecule has 1 fully saturated rings. The second kappa shape index (κ2) is 10.8. The molecule has 4 aromatic rings. The van der Waals surface area contributed by atoms with E-state index in [0.717, 1.165) is 37.2 Å². The maximum absolute atomic E-state index is 13.9. The lowest BCUT2D eigenvalue weighted by atomic mass is 10.1. The fraction of sp³-hybridized carbons (Fsp3) is 0.292. The van der Waals surface area contributed by atoms with Crippen LogP contribution >= 0.6 is 15.9 Å². The molecule has 0 spiro atoms. The zero-order valence-corrected chi connectivity index (χ0v) is 22.8. The first-order chi connectivity index (χ1) is 19.7. The standard InChI is InChI=1S/C24H18BrF6N9O2/c1-11-7-12(25)8-15(20(41)33-13-4-5-13)18(11)34-21(42)17-9-14(10-39-37-22(35-38-39)24(29,30)31)36-40(17)19-16(23(26,27)28)3-2-6-32-19/h2-3,6-9,13H,4-5,10H2,1H3,(H,33,41)(H,34,42). The van der Waals surface area contributed by atoms with Crippen LogP contribution in [0, 0.1) is 6.92 Å². The summed E-state index contributed by atoms with van der Waals surface area (Å²) >= 11 is 3.31. The normalized spacial score (nSPS) is 13.7. The van der Waals surface area contributed by atoms with Gasteiger partial charge in [-0.15, -0.1) is 10.2 Å². The van der Waals surface area contributed by atoms with Crippen molar-refractivity contribution >= 4 is 33.4 Å². The highest BCUT2D eigenvalue weighted by molar-refractivity contribution is 9.10. The average Bonchev–Trinajstić information content (AvgIpc) is 3.40. The SMILES string of the molecule is Cc1cc(Br)cc(C(=O)NC2CC2)c1NC(=O)c1cc(Cn2nnc(C(F)(F)F)n2)nn1-c1ncccc1C(F)(F)F. The van der Waals surface area contributed by atoms with E-state index < -0.39 is 53.6 Å². The number of rotatable bonds is 7. The Morgan fingerprint density at radius 2 is 1.79 bits per heavy atom. The van der Waals surface area contributed by atoms with Gasteiger partial charge in [0.25, 0.3) is 17.6 Å². The number of aryl methyl sites for hydroxylation is 1. The van der Waals surface area contributed by atoms with Crippen molar-refractivity contribution in [3.05, 3.63) is 74.9 Å². The number of pyridine rings is 1. The topological polar surface area (TPSA) is 133 Å². The molecule has 11 nitrogen and oxygen atoms in total. The molecule has 0 aliphatic heterocycles. The Bertz CT molecular complexity index is 1680. The van der Waals surface area contributed by atoms with Crippen molar-refractivity contribution in [1.82, 2.24) is 40.3 Å². The van der Waals surface area contributed by atoms with Gasteiger partial charge in [0.05, 0.1) is 16.9 Å². The summed E-state index contributed by atoms with van der Waals surface area (Å²) in [7, 11) is 0. The molecule has 1 aliphatic carbocycles. The summed E-state index contributed by atoms with van der Waals surface area (Å²) in [6.45, 7) is 1.04. The van der Waals surface area contributed by atoms with E-state index in [1.165, 1.54) is 6.07 Å². The molecule has 1 aliphatic rings. The Labute approximate surface area is 240 Å². The minimum Gasteiger partial charge on any atom is -0.349 e. The fourth-order valence-electron chi connectivity index (χ4n) is 3.94. The number of benzene rings is 1. The summed E-state index contributed by atoms with van der Waals surface area (Å²) in [5.41, 5.74) is -1.19. The van der Waals surface area contributed by atoms with Crippen molar-refractivity contribution in [2.75, 3.05) is 5.32 Å². The second-order valence-electron chi connectivity index (χ2n) is 9.29. The number of nitrogens with one attached hydrogen (secondary N) is 2. The highest BCUT2D eigenvalue weighted by atomic mass is 79.9. The maximum atomic E-state index is 13.9. The van der Waals surface area contributed by atoms with E-state index in [1.54, 1.807) is 13.0 Å². The van der Waals surface area contributed by atoms with E-state index >= 15 is 0 Å². The minimum absolute atomic E-state index is 0.00229. The van der Waals surface area contributed by atoms with E-state index in [9.17, 15) is 35.9 Å². The van der Waals surface area contributed by atoms with Crippen molar-refractivity contribution in [2.24, 2.45) is 0 Å². The smallest absolute Gasteiger partial charge is 0.349 e. The highest BCUT2D eigenvalue weighted by Crippen LogP contribution is 2.34. The number of halogens is 7. The van der Waals surface area contributed by atoms with Crippen LogP contribution in [0.2, 0.25) is 0 Å². The number of amides is 2. The Balaban J connectivity index is 1.56. The van der Waals surface area contributed by atoms with Crippen molar-refractivity contribution in [3.8, 4) is 5.82 Å². The predicted molar refractivity (Wildman–Crippen MR) is 136 cm³/mol. The van der Waals surface area contributed by atoms with Gasteiger partial charge in [-0.2, -0.15) is 36.2 Å². The van der Waals surface area contributed by atoms with Crippen molar-refractivity contribution in [2.45, 2.75) is 44.7 Å². The van der Waals surface area contributed by atoms with Crippen LogP contribution < -0.4 is 10.6 Å². The fourth-order valence-corrected chi connectivity index (χ4v) is 4.52. The molecule has 3 heterocycles. The molecule has 1 aromatic carbocycles. The van der Waals surface area contributed by atoms with Crippen LogP contribution in [-0.2, 0) is 18.9 Å². The van der Waals surface area contributed by atoms with Crippen LogP contribution in [0.5, 0.6) is 0 Å². The van der Waals surface area contributed by atoms with Crippen molar-refractivity contribution in [3.63, 3.8) is 0 Å². The molecular weight excluding hydrogens is 640 g/mol. The van der Waals surface area contributed by atoms with Gasteiger partial charge in [0.1, 0.15) is 17.8 Å².